The van der Waals surface area contributed by atoms with Crippen LogP contribution in [0.4, 0.5) is 0 Å². The molecule has 148 valence electrons. The first kappa shape index (κ1) is 19.6. The van der Waals surface area contributed by atoms with Gasteiger partial charge in [-0.15, -0.1) is 0 Å². The summed E-state index contributed by atoms with van der Waals surface area (Å²) in [5.74, 6) is 1.49. The smallest absolute Gasteiger partial charge is 0.203 e. The van der Waals surface area contributed by atoms with Gasteiger partial charge in [-0.3, -0.25) is 0 Å². The maximum atomic E-state index is 10.9. The summed E-state index contributed by atoms with van der Waals surface area (Å²) in [5.41, 5.74) is 2.59. The number of hydrogen-bond donors (Lipinski definition) is 2. The fraction of sp³-hybridized carbons (Fsp3) is 0.400. The van der Waals surface area contributed by atoms with Gasteiger partial charge in [-0.2, -0.15) is 5.26 Å². The molecule has 28 heavy (non-hydrogen) atoms. The van der Waals surface area contributed by atoms with Gasteiger partial charge in [-0.25, -0.2) is 0 Å². The topological polar surface area (TPSA) is 109 Å². The third kappa shape index (κ3) is 3.37. The van der Waals surface area contributed by atoms with E-state index in [2.05, 4.69) is 16.2 Å². The Morgan fingerprint density at radius 2 is 1.89 bits per heavy atom. The molecule has 0 radical (unpaired) electrons. The lowest BCUT2D eigenvalue weighted by molar-refractivity contribution is 0.154. The normalized spacial score (nSPS) is 14.6. The molecule has 1 fully saturated rings. The standard InChI is InChI=1S/C20H23N3O5/c1-25-15-8-7-12(19(26-2)20(15)27-3)16-14(10-22-28-4)23-13(9-21)17(16)18(24)11-5-6-11/h7-8,10-11,18,23-24H,5-6H2,1-4H3/b22-10+. The van der Waals surface area contributed by atoms with Crippen molar-refractivity contribution in [2.75, 3.05) is 28.4 Å². The van der Waals surface area contributed by atoms with Crippen molar-refractivity contribution in [1.82, 2.24) is 4.98 Å². The second-order valence-electron chi connectivity index (χ2n) is 6.40. The van der Waals surface area contributed by atoms with Crippen LogP contribution in [0.1, 0.15) is 35.9 Å². The van der Waals surface area contributed by atoms with Crippen LogP contribution in [-0.2, 0) is 4.84 Å². The van der Waals surface area contributed by atoms with Gasteiger partial charge < -0.3 is 29.1 Å². The van der Waals surface area contributed by atoms with Crippen molar-refractivity contribution in [3.8, 4) is 34.4 Å². The zero-order valence-corrected chi connectivity index (χ0v) is 16.3. The van der Waals surface area contributed by atoms with E-state index >= 15 is 0 Å². The third-order valence-electron chi connectivity index (χ3n) is 4.80. The Kier molecular flexibility index (Phi) is 5.76. The van der Waals surface area contributed by atoms with Crippen molar-refractivity contribution in [2.45, 2.75) is 18.9 Å². The molecule has 1 heterocycles. The maximum absolute atomic E-state index is 10.9. The van der Waals surface area contributed by atoms with Crippen LogP contribution in [0.25, 0.3) is 11.1 Å². The van der Waals surface area contributed by atoms with Gasteiger partial charge in [0.05, 0.1) is 39.3 Å². The monoisotopic (exact) mass is 385 g/mol. The van der Waals surface area contributed by atoms with Gasteiger partial charge in [0.1, 0.15) is 18.9 Å². The summed E-state index contributed by atoms with van der Waals surface area (Å²) >= 11 is 0. The largest absolute Gasteiger partial charge is 0.493 e. The van der Waals surface area contributed by atoms with Crippen LogP contribution < -0.4 is 14.2 Å². The Labute approximate surface area is 163 Å². The van der Waals surface area contributed by atoms with E-state index in [4.69, 9.17) is 19.0 Å². The molecule has 8 heteroatoms. The number of benzene rings is 1. The number of H-pyrrole nitrogens is 1. The molecule has 1 aromatic heterocycles. The van der Waals surface area contributed by atoms with E-state index in [1.165, 1.54) is 27.5 Å². The summed E-state index contributed by atoms with van der Waals surface area (Å²) in [6.45, 7) is 0. The number of nitriles is 1. The minimum Gasteiger partial charge on any atom is -0.493 e. The lowest BCUT2D eigenvalue weighted by Gasteiger charge is -2.18. The zero-order chi connectivity index (χ0) is 20.3. The van der Waals surface area contributed by atoms with Crippen LogP contribution in [0.15, 0.2) is 17.3 Å². The van der Waals surface area contributed by atoms with Crippen LogP contribution in [0.2, 0.25) is 0 Å². The number of nitrogens with zero attached hydrogens (tertiary/aromatic N) is 2. The number of ether oxygens (including phenoxy) is 3. The van der Waals surface area contributed by atoms with Crippen LogP contribution in [0, 0.1) is 17.2 Å². The van der Waals surface area contributed by atoms with Gasteiger partial charge >= 0.3 is 0 Å². The number of aromatic nitrogens is 1. The fourth-order valence-corrected chi connectivity index (χ4v) is 3.36. The number of nitrogens with one attached hydrogen (secondary N) is 1. The highest BCUT2D eigenvalue weighted by Crippen LogP contribution is 2.50. The summed E-state index contributed by atoms with van der Waals surface area (Å²) in [4.78, 5) is 7.84. The lowest BCUT2D eigenvalue weighted by Crippen LogP contribution is -2.04. The fourth-order valence-electron chi connectivity index (χ4n) is 3.36. The summed E-state index contributed by atoms with van der Waals surface area (Å²) in [6.07, 6.45) is 2.53. The summed E-state index contributed by atoms with van der Waals surface area (Å²) in [6, 6.07) is 5.69. The number of oxime groups is 1. The van der Waals surface area contributed by atoms with Gasteiger partial charge in [0, 0.05) is 16.7 Å². The van der Waals surface area contributed by atoms with E-state index in [1.54, 1.807) is 19.2 Å². The Morgan fingerprint density at radius 3 is 2.43 bits per heavy atom. The Morgan fingerprint density at radius 1 is 1.18 bits per heavy atom. The summed E-state index contributed by atoms with van der Waals surface area (Å²) < 4.78 is 16.5. The first-order valence-corrected chi connectivity index (χ1v) is 8.81. The molecule has 2 aromatic rings. The second-order valence-corrected chi connectivity index (χ2v) is 6.40. The Balaban J connectivity index is 2.32. The van der Waals surface area contributed by atoms with Crippen LogP contribution in [-0.4, -0.2) is 44.7 Å². The first-order valence-electron chi connectivity index (χ1n) is 8.81. The van der Waals surface area contributed by atoms with E-state index in [-0.39, 0.29) is 11.6 Å². The van der Waals surface area contributed by atoms with Gasteiger partial charge in [0.2, 0.25) is 5.75 Å². The lowest BCUT2D eigenvalue weighted by atomic mass is 9.93. The van der Waals surface area contributed by atoms with Crippen molar-refractivity contribution in [3.05, 3.63) is 29.1 Å². The SMILES string of the molecule is CO/N=C/c1[nH]c(C#N)c(C(O)C2CC2)c1-c1ccc(OC)c(OC)c1OC. The number of aliphatic hydroxyl groups is 1. The van der Waals surface area contributed by atoms with Crippen molar-refractivity contribution in [3.63, 3.8) is 0 Å². The van der Waals surface area contributed by atoms with Gasteiger partial charge in [-0.05, 0) is 30.9 Å². The Bertz CT molecular complexity index is 925. The van der Waals surface area contributed by atoms with Crippen LogP contribution >= 0.6 is 0 Å². The number of hydrogen-bond acceptors (Lipinski definition) is 7. The maximum Gasteiger partial charge on any atom is 0.203 e. The van der Waals surface area contributed by atoms with E-state index < -0.39 is 6.10 Å². The predicted molar refractivity (Wildman–Crippen MR) is 103 cm³/mol. The summed E-state index contributed by atoms with van der Waals surface area (Å²) in [7, 11) is 6.02. The predicted octanol–water partition coefficient (Wildman–Crippen LogP) is 3.00. The average molecular weight is 385 g/mol. The van der Waals surface area contributed by atoms with E-state index in [1.807, 2.05) is 0 Å². The molecule has 8 nitrogen and oxygen atoms in total. The van der Waals surface area contributed by atoms with Crippen LogP contribution in [0.3, 0.4) is 0 Å². The molecular formula is C20H23N3O5. The number of aliphatic hydroxyl groups excluding tert-OH is 1. The molecule has 1 saturated carbocycles. The van der Waals surface area contributed by atoms with E-state index in [0.29, 0.717) is 39.6 Å². The molecule has 0 saturated heterocycles. The van der Waals surface area contributed by atoms with Crippen molar-refractivity contribution in [1.29, 1.82) is 5.26 Å². The molecule has 3 rings (SSSR count). The van der Waals surface area contributed by atoms with Gasteiger partial charge in [0.25, 0.3) is 0 Å². The number of rotatable bonds is 8. The second kappa shape index (κ2) is 8.23. The molecule has 2 N–H and O–H groups in total. The average Bonchev–Trinajstić information content (AvgIpc) is 3.51. The molecule has 1 atom stereocenters. The first-order chi connectivity index (χ1) is 13.6. The summed E-state index contributed by atoms with van der Waals surface area (Å²) in [5, 5.41) is 24.4. The minimum atomic E-state index is -0.775. The van der Waals surface area contributed by atoms with Crippen molar-refractivity contribution < 1.29 is 24.2 Å². The number of methoxy groups -OCH3 is 3. The van der Waals surface area contributed by atoms with Crippen LogP contribution in [0.5, 0.6) is 17.2 Å². The molecule has 0 aliphatic heterocycles. The van der Waals surface area contributed by atoms with Gasteiger partial charge in [0.15, 0.2) is 11.5 Å². The third-order valence-corrected chi connectivity index (χ3v) is 4.80. The highest BCUT2D eigenvalue weighted by molar-refractivity contribution is 5.94. The van der Waals surface area contributed by atoms with E-state index in [9.17, 15) is 10.4 Å². The molecule has 1 aliphatic carbocycles. The van der Waals surface area contributed by atoms with Crippen molar-refractivity contribution >= 4 is 6.21 Å². The quantitative estimate of drug-likeness (QED) is 0.534. The number of aromatic amines is 1. The molecule has 0 bridgehead atoms. The zero-order valence-electron chi connectivity index (χ0n) is 16.3. The minimum absolute atomic E-state index is 0.125. The molecule has 1 aliphatic rings. The molecular weight excluding hydrogens is 362 g/mol. The molecule has 0 amide bonds. The van der Waals surface area contributed by atoms with Crippen molar-refractivity contribution in [2.24, 2.45) is 11.1 Å². The molecule has 1 aromatic carbocycles. The van der Waals surface area contributed by atoms with Gasteiger partial charge in [-0.1, -0.05) is 5.16 Å². The van der Waals surface area contributed by atoms with E-state index in [0.717, 1.165) is 12.8 Å². The highest BCUT2D eigenvalue weighted by atomic mass is 16.6. The highest BCUT2D eigenvalue weighted by Gasteiger charge is 2.36. The molecule has 0 spiro atoms. The Hall–Kier alpha value is -3.18. The molecule has 1 unspecified atom stereocenters.